The molecule has 1 N–H and O–H groups in total. The van der Waals surface area contributed by atoms with Gasteiger partial charge in [-0.2, -0.15) is 0 Å². The molecule has 0 saturated carbocycles. The Labute approximate surface area is 117 Å². The summed E-state index contributed by atoms with van der Waals surface area (Å²) in [6.07, 6.45) is 3.84. The zero-order valence-corrected chi connectivity index (χ0v) is 11.9. The van der Waals surface area contributed by atoms with Gasteiger partial charge in [-0.15, -0.1) is 0 Å². The first-order valence-electron chi connectivity index (χ1n) is 5.16. The summed E-state index contributed by atoms with van der Waals surface area (Å²) >= 11 is 8.44. The van der Waals surface area contributed by atoms with Crippen LogP contribution in [0.25, 0.3) is 0 Å². The van der Waals surface area contributed by atoms with E-state index in [0.717, 1.165) is 5.75 Å². The largest absolute Gasteiger partial charge is 0.340 e. The van der Waals surface area contributed by atoms with Crippen molar-refractivity contribution in [3.05, 3.63) is 16.9 Å². The maximum Gasteiger partial charge on any atom is 0.272 e. The molecule has 1 aliphatic heterocycles. The summed E-state index contributed by atoms with van der Waals surface area (Å²) in [6.45, 7) is 0. The molecule has 1 aromatic heterocycles. The summed E-state index contributed by atoms with van der Waals surface area (Å²) in [4.78, 5) is 31.4. The van der Waals surface area contributed by atoms with Gasteiger partial charge in [-0.3, -0.25) is 9.59 Å². The highest BCUT2D eigenvalue weighted by atomic mass is 35.5. The normalized spacial score (nSPS) is 19.0. The average Bonchev–Trinajstić information content (AvgIpc) is 2.75. The molecule has 0 spiro atoms. The van der Waals surface area contributed by atoms with E-state index in [-0.39, 0.29) is 15.8 Å². The minimum Gasteiger partial charge on any atom is -0.340 e. The molecule has 1 atom stereocenters. The smallest absolute Gasteiger partial charge is 0.272 e. The summed E-state index contributed by atoms with van der Waals surface area (Å²) in [7, 11) is 0. The molecule has 0 radical (unpaired) electrons. The first-order valence-corrected chi connectivity index (χ1v) is 7.74. The number of hydrogen-bond donors (Lipinski definition) is 1. The van der Waals surface area contributed by atoms with E-state index in [0.29, 0.717) is 11.6 Å². The predicted octanol–water partition coefficient (Wildman–Crippen LogP) is 1.61. The highest BCUT2D eigenvalue weighted by Crippen LogP contribution is 2.21. The van der Waals surface area contributed by atoms with E-state index in [2.05, 4.69) is 15.3 Å². The van der Waals surface area contributed by atoms with Crippen LogP contribution >= 0.6 is 35.1 Å². The topological polar surface area (TPSA) is 72.0 Å². The SMILES string of the molecule is CSc1ncc(Cl)c(C(=O)NC2CCSC2=O)n1. The zero-order valence-electron chi connectivity index (χ0n) is 9.47. The second-order valence-electron chi connectivity index (χ2n) is 3.54. The molecule has 0 aliphatic carbocycles. The second kappa shape index (κ2) is 5.90. The van der Waals surface area contributed by atoms with Crippen molar-refractivity contribution < 1.29 is 9.59 Å². The third-order valence-corrected chi connectivity index (χ3v) is 4.21. The molecule has 96 valence electrons. The second-order valence-corrected chi connectivity index (χ2v) is 5.82. The highest BCUT2D eigenvalue weighted by Gasteiger charge is 2.28. The zero-order chi connectivity index (χ0) is 13.1. The molecular formula is C10H10ClN3O2S2. The summed E-state index contributed by atoms with van der Waals surface area (Å²) in [6, 6.07) is -0.439. The average molecular weight is 304 g/mol. The molecule has 2 rings (SSSR count). The third-order valence-electron chi connectivity index (χ3n) is 2.36. The van der Waals surface area contributed by atoms with Crippen LogP contribution in [-0.2, 0) is 4.79 Å². The van der Waals surface area contributed by atoms with E-state index < -0.39 is 11.9 Å². The van der Waals surface area contributed by atoms with Gasteiger partial charge in [0.25, 0.3) is 5.91 Å². The van der Waals surface area contributed by atoms with Gasteiger partial charge in [-0.1, -0.05) is 35.1 Å². The molecule has 1 unspecified atom stereocenters. The van der Waals surface area contributed by atoms with Crippen LogP contribution in [0.5, 0.6) is 0 Å². The summed E-state index contributed by atoms with van der Waals surface area (Å²) in [5, 5.41) is 3.28. The Kier molecular flexibility index (Phi) is 4.47. The number of carbonyl (C=O) groups is 2. The number of nitrogens with one attached hydrogen (secondary N) is 1. The maximum atomic E-state index is 12.0. The fraction of sp³-hybridized carbons (Fsp3) is 0.400. The summed E-state index contributed by atoms with van der Waals surface area (Å²) < 4.78 is 0. The van der Waals surface area contributed by atoms with Gasteiger partial charge in [0.2, 0.25) is 5.12 Å². The Bertz CT molecular complexity index is 498. The van der Waals surface area contributed by atoms with Gasteiger partial charge in [0.1, 0.15) is 0 Å². The quantitative estimate of drug-likeness (QED) is 0.676. The van der Waals surface area contributed by atoms with Gasteiger partial charge in [0.05, 0.1) is 17.3 Å². The standard InChI is InChI=1S/C10H10ClN3O2S2/c1-17-10-12-4-5(11)7(14-10)8(15)13-6-2-3-18-9(6)16/h4,6H,2-3H2,1H3,(H,13,15). The van der Waals surface area contributed by atoms with Crippen molar-refractivity contribution in [2.45, 2.75) is 17.6 Å². The van der Waals surface area contributed by atoms with Gasteiger partial charge >= 0.3 is 0 Å². The van der Waals surface area contributed by atoms with Crippen molar-refractivity contribution in [3.63, 3.8) is 0 Å². The first-order chi connectivity index (χ1) is 8.61. The minimum atomic E-state index is -0.439. The van der Waals surface area contributed by atoms with Gasteiger partial charge < -0.3 is 5.32 Å². The van der Waals surface area contributed by atoms with E-state index >= 15 is 0 Å². The molecule has 5 nitrogen and oxygen atoms in total. The number of hydrogen-bond acceptors (Lipinski definition) is 6. The van der Waals surface area contributed by atoms with Crippen LogP contribution in [0.2, 0.25) is 5.02 Å². The molecule has 2 heterocycles. The van der Waals surface area contributed by atoms with E-state index in [4.69, 9.17) is 11.6 Å². The monoisotopic (exact) mass is 303 g/mol. The van der Waals surface area contributed by atoms with E-state index in [1.807, 2.05) is 6.26 Å². The van der Waals surface area contributed by atoms with Crippen LogP contribution in [0.1, 0.15) is 16.9 Å². The van der Waals surface area contributed by atoms with Crippen molar-refractivity contribution in [1.29, 1.82) is 0 Å². The molecule has 1 amide bonds. The van der Waals surface area contributed by atoms with Crippen molar-refractivity contribution >= 4 is 46.1 Å². The lowest BCUT2D eigenvalue weighted by Gasteiger charge is -2.10. The Balaban J connectivity index is 2.15. The number of aromatic nitrogens is 2. The lowest BCUT2D eigenvalue weighted by Crippen LogP contribution is -2.37. The van der Waals surface area contributed by atoms with Crippen LogP contribution in [0.3, 0.4) is 0 Å². The summed E-state index contributed by atoms with van der Waals surface area (Å²) in [5.41, 5.74) is 0.112. The Morgan fingerprint density at radius 1 is 1.67 bits per heavy atom. The third kappa shape index (κ3) is 2.96. The Hall–Kier alpha value is -0.790. The van der Waals surface area contributed by atoms with Crippen molar-refractivity contribution in [2.75, 3.05) is 12.0 Å². The summed E-state index contributed by atoms with van der Waals surface area (Å²) in [5.74, 6) is 0.302. The van der Waals surface area contributed by atoms with Crippen molar-refractivity contribution in [1.82, 2.24) is 15.3 Å². The van der Waals surface area contributed by atoms with Crippen LogP contribution in [0.15, 0.2) is 11.4 Å². The number of amides is 1. The molecule has 0 aromatic carbocycles. The number of rotatable bonds is 3. The van der Waals surface area contributed by atoms with Crippen LogP contribution in [-0.4, -0.2) is 39.0 Å². The van der Waals surface area contributed by atoms with Gasteiger partial charge in [-0.25, -0.2) is 9.97 Å². The highest BCUT2D eigenvalue weighted by molar-refractivity contribution is 8.14. The van der Waals surface area contributed by atoms with E-state index in [1.165, 1.54) is 29.7 Å². The maximum absolute atomic E-state index is 12.0. The van der Waals surface area contributed by atoms with Gasteiger partial charge in [-0.05, 0) is 12.7 Å². The first kappa shape index (κ1) is 13.6. The molecule has 18 heavy (non-hydrogen) atoms. The Morgan fingerprint density at radius 3 is 3.06 bits per heavy atom. The lowest BCUT2D eigenvalue weighted by atomic mass is 10.2. The molecular weight excluding hydrogens is 294 g/mol. The van der Waals surface area contributed by atoms with E-state index in [9.17, 15) is 9.59 Å². The lowest BCUT2D eigenvalue weighted by molar-refractivity contribution is -0.112. The fourth-order valence-corrected chi connectivity index (χ4v) is 2.91. The molecule has 1 fully saturated rings. The number of nitrogens with zero attached hydrogens (tertiary/aromatic N) is 2. The van der Waals surface area contributed by atoms with Crippen molar-refractivity contribution in [3.8, 4) is 0 Å². The molecule has 0 bridgehead atoms. The fourth-order valence-electron chi connectivity index (χ4n) is 1.46. The number of halogens is 1. The number of thioether (sulfide) groups is 2. The van der Waals surface area contributed by atoms with Crippen LogP contribution in [0.4, 0.5) is 0 Å². The predicted molar refractivity (Wildman–Crippen MR) is 72.2 cm³/mol. The Morgan fingerprint density at radius 2 is 2.44 bits per heavy atom. The van der Waals surface area contributed by atoms with Crippen molar-refractivity contribution in [2.24, 2.45) is 0 Å². The van der Waals surface area contributed by atoms with Crippen LogP contribution < -0.4 is 5.32 Å². The minimum absolute atomic E-state index is 0.0152. The van der Waals surface area contributed by atoms with Gasteiger partial charge in [0, 0.05) is 5.75 Å². The van der Waals surface area contributed by atoms with Crippen LogP contribution in [0, 0.1) is 0 Å². The molecule has 1 aliphatic rings. The molecule has 8 heteroatoms. The molecule has 1 aromatic rings. The van der Waals surface area contributed by atoms with Gasteiger partial charge in [0.15, 0.2) is 10.9 Å². The number of carbonyl (C=O) groups excluding carboxylic acids is 2. The van der Waals surface area contributed by atoms with E-state index in [1.54, 1.807) is 0 Å². The molecule has 1 saturated heterocycles.